The van der Waals surface area contributed by atoms with Crippen molar-refractivity contribution in [2.45, 2.75) is 0 Å². The maximum atomic E-state index is 12.1. The van der Waals surface area contributed by atoms with Crippen LogP contribution in [0.3, 0.4) is 0 Å². The van der Waals surface area contributed by atoms with Crippen molar-refractivity contribution in [2.75, 3.05) is 25.3 Å². The van der Waals surface area contributed by atoms with Gasteiger partial charge in [0.2, 0.25) is 0 Å². The number of aromatic nitrogens is 2. The number of nitrogens with two attached hydrogens (primary N) is 1. The maximum absolute atomic E-state index is 12.1. The Hall–Kier alpha value is -2.35. The summed E-state index contributed by atoms with van der Waals surface area (Å²) >= 11 is 1.08. The van der Waals surface area contributed by atoms with Crippen molar-refractivity contribution in [3.63, 3.8) is 0 Å². The first-order chi connectivity index (χ1) is 9.15. The van der Waals surface area contributed by atoms with Crippen molar-refractivity contribution in [2.24, 2.45) is 0 Å². The Bertz CT molecular complexity index is 586. The molecule has 2 aromatic rings. The Kier molecular flexibility index (Phi) is 3.81. The molecule has 0 aliphatic heterocycles. The molecule has 1 aromatic heterocycles. The van der Waals surface area contributed by atoms with Crippen LogP contribution in [0.15, 0.2) is 18.3 Å². The van der Waals surface area contributed by atoms with Crippen LogP contribution in [0.4, 0.5) is 10.7 Å². The van der Waals surface area contributed by atoms with Gasteiger partial charge in [-0.05, 0) is 6.07 Å². The summed E-state index contributed by atoms with van der Waals surface area (Å²) in [6.45, 7) is 0. The first-order valence-corrected chi connectivity index (χ1v) is 6.03. The van der Waals surface area contributed by atoms with Crippen LogP contribution < -0.4 is 20.5 Å². The molecule has 100 valence electrons. The molecular formula is C11H12N4O3S. The summed E-state index contributed by atoms with van der Waals surface area (Å²) in [5, 5.41) is 6.81. The summed E-state index contributed by atoms with van der Waals surface area (Å²) in [4.78, 5) is 12.1. The Balaban J connectivity index is 2.35. The summed E-state index contributed by atoms with van der Waals surface area (Å²) in [5.41, 5.74) is 6.39. The molecular weight excluding hydrogens is 268 g/mol. The number of nitrogens with one attached hydrogen (secondary N) is 1. The van der Waals surface area contributed by atoms with E-state index in [2.05, 4.69) is 14.9 Å². The number of hydrogen-bond donors (Lipinski definition) is 2. The van der Waals surface area contributed by atoms with Gasteiger partial charge >= 0.3 is 0 Å². The van der Waals surface area contributed by atoms with Gasteiger partial charge in [-0.25, -0.2) is 0 Å². The second-order valence-electron chi connectivity index (χ2n) is 3.53. The first-order valence-electron chi connectivity index (χ1n) is 5.26. The van der Waals surface area contributed by atoms with E-state index in [4.69, 9.17) is 15.2 Å². The molecule has 0 spiro atoms. The van der Waals surface area contributed by atoms with Crippen molar-refractivity contribution in [3.05, 3.63) is 23.9 Å². The van der Waals surface area contributed by atoms with Gasteiger partial charge in [-0.2, -0.15) is 0 Å². The van der Waals surface area contributed by atoms with Crippen LogP contribution in [-0.4, -0.2) is 29.7 Å². The quantitative estimate of drug-likeness (QED) is 0.821. The minimum Gasteiger partial charge on any atom is -0.497 e. The Morgan fingerprint density at radius 3 is 2.74 bits per heavy atom. The topological polar surface area (TPSA) is 99.4 Å². The zero-order valence-electron chi connectivity index (χ0n) is 10.3. The van der Waals surface area contributed by atoms with E-state index in [1.807, 2.05) is 0 Å². The number of amides is 1. The third-order valence-electron chi connectivity index (χ3n) is 2.41. The average Bonchev–Trinajstić information content (AvgIpc) is 2.91. The molecule has 7 nitrogen and oxygen atoms in total. The number of hydrogen-bond acceptors (Lipinski definition) is 7. The molecule has 0 saturated carbocycles. The van der Waals surface area contributed by atoms with Crippen LogP contribution in [0.25, 0.3) is 0 Å². The highest BCUT2D eigenvalue weighted by Crippen LogP contribution is 2.31. The lowest BCUT2D eigenvalue weighted by molar-refractivity contribution is 0.102. The number of nitrogens with zero attached hydrogens (tertiary/aromatic N) is 2. The van der Waals surface area contributed by atoms with Gasteiger partial charge < -0.3 is 20.5 Å². The van der Waals surface area contributed by atoms with Crippen LogP contribution in [0.1, 0.15) is 10.4 Å². The third-order valence-corrected chi connectivity index (χ3v) is 2.99. The van der Waals surface area contributed by atoms with Crippen LogP contribution in [0.5, 0.6) is 11.5 Å². The maximum Gasteiger partial charge on any atom is 0.258 e. The smallest absolute Gasteiger partial charge is 0.258 e. The number of benzene rings is 1. The van der Waals surface area contributed by atoms with Gasteiger partial charge in [0.25, 0.3) is 5.91 Å². The van der Waals surface area contributed by atoms with Crippen molar-refractivity contribution < 1.29 is 14.3 Å². The fourth-order valence-electron chi connectivity index (χ4n) is 1.48. The molecule has 0 atom stereocenters. The summed E-state index contributed by atoms with van der Waals surface area (Å²) < 4.78 is 13.9. The second kappa shape index (κ2) is 5.53. The molecule has 1 amide bonds. The molecule has 1 heterocycles. The molecule has 1 aromatic carbocycles. The van der Waals surface area contributed by atoms with Gasteiger partial charge in [-0.15, -0.1) is 5.10 Å². The van der Waals surface area contributed by atoms with E-state index >= 15 is 0 Å². The SMILES string of the molecule is COc1cc(OC)c(N)c(C(=O)Nc2cnns2)c1. The molecule has 0 radical (unpaired) electrons. The van der Waals surface area contributed by atoms with Gasteiger partial charge in [-0.3, -0.25) is 4.79 Å². The molecule has 0 fully saturated rings. The lowest BCUT2D eigenvalue weighted by Gasteiger charge is -2.12. The predicted molar refractivity (Wildman–Crippen MR) is 71.8 cm³/mol. The van der Waals surface area contributed by atoms with Gasteiger partial charge in [0.15, 0.2) is 0 Å². The number of carbonyl (C=O) groups is 1. The number of carbonyl (C=O) groups excluding carboxylic acids is 1. The lowest BCUT2D eigenvalue weighted by Crippen LogP contribution is -2.14. The third kappa shape index (κ3) is 2.74. The molecule has 0 aliphatic carbocycles. The fraction of sp³-hybridized carbons (Fsp3) is 0.182. The van der Waals surface area contributed by atoms with E-state index in [9.17, 15) is 4.79 Å². The van der Waals surface area contributed by atoms with E-state index in [0.29, 0.717) is 16.5 Å². The highest BCUT2D eigenvalue weighted by Gasteiger charge is 2.16. The van der Waals surface area contributed by atoms with E-state index in [1.165, 1.54) is 20.4 Å². The summed E-state index contributed by atoms with van der Waals surface area (Å²) in [7, 11) is 2.97. The number of anilines is 2. The van der Waals surface area contributed by atoms with Gasteiger partial charge in [0, 0.05) is 17.6 Å². The van der Waals surface area contributed by atoms with Gasteiger partial charge in [0.05, 0.1) is 31.7 Å². The van der Waals surface area contributed by atoms with E-state index in [-0.39, 0.29) is 17.2 Å². The van der Waals surface area contributed by atoms with Crippen LogP contribution in [0.2, 0.25) is 0 Å². The lowest BCUT2D eigenvalue weighted by atomic mass is 10.1. The predicted octanol–water partition coefficient (Wildman–Crippen LogP) is 1.39. The fourth-order valence-corrected chi connectivity index (χ4v) is 1.89. The molecule has 0 bridgehead atoms. The Morgan fingerprint density at radius 2 is 2.16 bits per heavy atom. The second-order valence-corrected chi connectivity index (χ2v) is 4.31. The van der Waals surface area contributed by atoms with Crippen LogP contribution in [0, 0.1) is 0 Å². The Labute approximate surface area is 113 Å². The summed E-state index contributed by atoms with van der Waals surface area (Å²) in [5.74, 6) is 0.492. The number of methoxy groups -OCH3 is 2. The van der Waals surface area contributed by atoms with Crippen LogP contribution >= 0.6 is 11.5 Å². The number of ether oxygens (including phenoxy) is 2. The van der Waals surface area contributed by atoms with Gasteiger partial charge in [0.1, 0.15) is 16.5 Å². The molecule has 3 N–H and O–H groups in total. The molecule has 0 saturated heterocycles. The van der Waals surface area contributed by atoms with E-state index in [0.717, 1.165) is 11.5 Å². The highest BCUT2D eigenvalue weighted by atomic mass is 32.1. The molecule has 8 heteroatoms. The minimum absolute atomic E-state index is 0.248. The molecule has 0 unspecified atom stereocenters. The molecule has 2 rings (SSSR count). The molecule has 0 aliphatic rings. The monoisotopic (exact) mass is 280 g/mol. The summed E-state index contributed by atoms with van der Waals surface area (Å²) in [6, 6.07) is 3.15. The number of rotatable bonds is 4. The van der Waals surface area contributed by atoms with E-state index in [1.54, 1.807) is 12.1 Å². The number of nitrogen functional groups attached to an aromatic ring is 1. The zero-order chi connectivity index (χ0) is 13.8. The highest BCUT2D eigenvalue weighted by molar-refractivity contribution is 7.10. The minimum atomic E-state index is -0.374. The largest absolute Gasteiger partial charge is 0.497 e. The van der Waals surface area contributed by atoms with Crippen molar-refractivity contribution in [3.8, 4) is 11.5 Å². The van der Waals surface area contributed by atoms with Crippen molar-refractivity contribution in [1.82, 2.24) is 9.59 Å². The average molecular weight is 280 g/mol. The van der Waals surface area contributed by atoms with Crippen LogP contribution in [-0.2, 0) is 0 Å². The Morgan fingerprint density at radius 1 is 1.37 bits per heavy atom. The summed E-state index contributed by atoms with van der Waals surface area (Å²) in [6.07, 6.45) is 1.45. The first kappa shape index (κ1) is 13.1. The van der Waals surface area contributed by atoms with Gasteiger partial charge in [-0.1, -0.05) is 4.49 Å². The standard InChI is InChI=1S/C11H12N4O3S/c1-17-6-3-7(10(12)8(4-6)18-2)11(16)14-9-5-13-15-19-9/h3-5H,12H2,1-2H3,(H,14,16). The van der Waals surface area contributed by atoms with Crippen molar-refractivity contribution >= 4 is 28.1 Å². The zero-order valence-corrected chi connectivity index (χ0v) is 11.2. The molecule has 19 heavy (non-hydrogen) atoms. The normalized spacial score (nSPS) is 10.0. The van der Waals surface area contributed by atoms with Crippen molar-refractivity contribution in [1.29, 1.82) is 0 Å². The van der Waals surface area contributed by atoms with E-state index < -0.39 is 0 Å².